The van der Waals surface area contributed by atoms with Crippen molar-refractivity contribution in [1.82, 2.24) is 59.1 Å². The monoisotopic (exact) mass is 907 g/mol. The van der Waals surface area contributed by atoms with Crippen LogP contribution in [0.1, 0.15) is 45.6 Å². The van der Waals surface area contributed by atoms with Crippen molar-refractivity contribution in [2.45, 2.75) is 27.7 Å². The Balaban J connectivity index is 0.000000174. The minimum Gasteiger partial charge on any atom is -0.436 e. The maximum Gasteiger partial charge on any atom is 0.295 e. The summed E-state index contributed by atoms with van der Waals surface area (Å²) >= 11 is 0. The third kappa shape index (κ3) is 9.46. The maximum absolute atomic E-state index is 14.7. The van der Waals surface area contributed by atoms with E-state index in [1.165, 1.54) is 50.3 Å². The Hall–Kier alpha value is -9.01. The Kier molecular flexibility index (Phi) is 12.3. The minimum atomic E-state index is -1.00. The van der Waals surface area contributed by atoms with Crippen molar-refractivity contribution in [1.29, 1.82) is 0 Å². The van der Waals surface area contributed by atoms with Gasteiger partial charge in [-0.2, -0.15) is 9.97 Å². The highest BCUT2D eigenvalue weighted by Crippen LogP contribution is 2.29. The Bertz CT molecular complexity index is 3440. The lowest BCUT2D eigenvalue weighted by atomic mass is 10.1. The van der Waals surface area contributed by atoms with Gasteiger partial charge in [-0.1, -0.05) is 12.1 Å². The fraction of sp³-hybridized carbons (Fsp3) is 0.130. The van der Waals surface area contributed by atoms with Gasteiger partial charge in [0, 0.05) is 80.6 Å². The molecule has 0 radical (unpaired) electrons. The molecule has 336 valence electrons. The number of anilines is 2. The quantitative estimate of drug-likeness (QED) is 0.152. The molecule has 0 atom stereocenters. The standard InChI is InChI=1S/C23H18FN7O2.C22H16FN7O2.CH3F/c1-13-20(33-14(2)27-13)22(32)30(3)16-7-8-18(24)17(10-16)21-28-23-26-11-15(12-31(23)29-21)19-6-4-5-9-25-19;1-12-19(32-13(2)26-12)21(31)27-15-6-7-17(23)16(9-15)20-28-22-25-10-14(11-30(22)29-20)18-5-3-4-8-24-18;1-2/h4-12H,1-3H3;3-11H,1-2H3,(H,27,31);1H3/i;;1D. The Morgan fingerprint density at radius 3 is 1.67 bits per heavy atom. The molecule has 0 spiro atoms. The molecule has 8 heterocycles. The van der Waals surface area contributed by atoms with Crippen molar-refractivity contribution in [3.05, 3.63) is 156 Å². The van der Waals surface area contributed by atoms with Crippen molar-refractivity contribution in [2.24, 2.45) is 0 Å². The van der Waals surface area contributed by atoms with Crippen LogP contribution in [0.15, 0.2) is 119 Å². The molecule has 2 amide bonds. The number of fused-ring (bicyclic) bond motifs is 2. The molecule has 2 aromatic carbocycles. The molecular formula is C46H37F3N14O4. The van der Waals surface area contributed by atoms with Gasteiger partial charge in [-0.3, -0.25) is 23.9 Å². The number of alkyl halides is 1. The second-order valence-electron chi connectivity index (χ2n) is 14.4. The van der Waals surface area contributed by atoms with Gasteiger partial charge in [-0.25, -0.2) is 37.7 Å². The largest absolute Gasteiger partial charge is 0.436 e. The molecule has 21 heteroatoms. The predicted molar refractivity (Wildman–Crippen MR) is 238 cm³/mol. The summed E-state index contributed by atoms with van der Waals surface area (Å²) in [6, 6.07) is 19.5. The molecule has 0 aliphatic rings. The zero-order valence-corrected chi connectivity index (χ0v) is 36.2. The fourth-order valence-electron chi connectivity index (χ4n) is 6.72. The first-order chi connectivity index (χ1) is 32.8. The lowest BCUT2D eigenvalue weighted by molar-refractivity contribution is 0.0962. The van der Waals surface area contributed by atoms with Crippen LogP contribution in [0, 0.1) is 39.3 Å². The van der Waals surface area contributed by atoms with E-state index in [1.54, 1.807) is 71.9 Å². The molecule has 8 aromatic heterocycles. The van der Waals surface area contributed by atoms with Crippen molar-refractivity contribution in [2.75, 3.05) is 24.4 Å². The highest BCUT2D eigenvalue weighted by atomic mass is 19.1. The summed E-state index contributed by atoms with van der Waals surface area (Å²) in [6.45, 7) is 6.69. The van der Waals surface area contributed by atoms with Crippen molar-refractivity contribution in [3.63, 3.8) is 0 Å². The first-order valence-electron chi connectivity index (χ1n) is 20.7. The van der Waals surface area contributed by atoms with Gasteiger partial charge in [-0.15, -0.1) is 10.2 Å². The molecule has 67 heavy (non-hydrogen) atoms. The van der Waals surface area contributed by atoms with Crippen molar-refractivity contribution >= 4 is 34.7 Å². The van der Waals surface area contributed by atoms with Crippen LogP contribution in [0.2, 0.25) is 0 Å². The molecular weight excluding hydrogens is 870 g/mol. The van der Waals surface area contributed by atoms with Crippen LogP contribution in [0.3, 0.4) is 0 Å². The average molecular weight is 908 g/mol. The number of aromatic nitrogens is 12. The second kappa shape index (κ2) is 19.0. The molecule has 0 saturated heterocycles. The number of amides is 2. The van der Waals surface area contributed by atoms with Gasteiger partial charge in [0.05, 0.1) is 42.4 Å². The molecule has 0 aliphatic carbocycles. The third-order valence-electron chi connectivity index (χ3n) is 9.86. The zero-order chi connectivity index (χ0) is 48.1. The lowest BCUT2D eigenvalue weighted by Crippen LogP contribution is -2.26. The number of aryl methyl sites for hydroxylation is 4. The number of benzene rings is 2. The Morgan fingerprint density at radius 1 is 0.672 bits per heavy atom. The topological polar surface area (TPSA) is 213 Å². The van der Waals surface area contributed by atoms with Gasteiger partial charge >= 0.3 is 0 Å². The molecule has 10 aromatic rings. The second-order valence-corrected chi connectivity index (χ2v) is 14.4. The minimum absolute atomic E-state index is 0.102. The Labute approximate surface area is 379 Å². The van der Waals surface area contributed by atoms with Gasteiger partial charge in [0.1, 0.15) is 11.6 Å². The van der Waals surface area contributed by atoms with E-state index in [-0.39, 0.29) is 34.3 Å². The van der Waals surface area contributed by atoms with Crippen LogP contribution in [-0.4, -0.2) is 85.1 Å². The molecule has 0 saturated carbocycles. The van der Waals surface area contributed by atoms with Crippen LogP contribution >= 0.6 is 0 Å². The van der Waals surface area contributed by atoms with E-state index in [1.807, 2.05) is 36.4 Å². The summed E-state index contributed by atoms with van der Waals surface area (Å²) in [6.07, 6.45) is 10.1. The average Bonchev–Trinajstić information content (AvgIpc) is 4.14. The highest BCUT2D eigenvalue weighted by molar-refractivity contribution is 6.05. The summed E-state index contributed by atoms with van der Waals surface area (Å²) in [5.74, 6) is -0.00219. The number of hydrogen-bond donors (Lipinski definition) is 1. The van der Waals surface area contributed by atoms with Crippen LogP contribution < -0.4 is 10.2 Å². The molecule has 0 fully saturated rings. The summed E-state index contributed by atoms with van der Waals surface area (Å²) in [5, 5.41) is 11.4. The maximum atomic E-state index is 14.7. The van der Waals surface area contributed by atoms with Crippen LogP contribution in [0.25, 0.3) is 56.8 Å². The predicted octanol–water partition coefficient (Wildman–Crippen LogP) is 8.31. The highest BCUT2D eigenvalue weighted by Gasteiger charge is 2.24. The van der Waals surface area contributed by atoms with E-state index in [4.69, 9.17) is 10.2 Å². The number of carbonyl (C=O) groups excluding carboxylic acids is 2. The fourth-order valence-corrected chi connectivity index (χ4v) is 6.72. The number of halogens is 3. The summed E-state index contributed by atoms with van der Waals surface area (Å²) in [4.78, 5) is 60.8. The van der Waals surface area contributed by atoms with E-state index < -0.39 is 30.6 Å². The first kappa shape index (κ1) is 43.3. The number of carbonyl (C=O) groups is 2. The zero-order valence-electron chi connectivity index (χ0n) is 37.2. The van der Waals surface area contributed by atoms with Crippen LogP contribution in [-0.2, 0) is 0 Å². The van der Waals surface area contributed by atoms with Gasteiger partial charge in [0.25, 0.3) is 23.4 Å². The van der Waals surface area contributed by atoms with Gasteiger partial charge in [0.15, 0.2) is 23.4 Å². The van der Waals surface area contributed by atoms with Crippen LogP contribution in [0.5, 0.6) is 0 Å². The molecule has 10 rings (SSSR count). The van der Waals surface area contributed by atoms with E-state index >= 15 is 0 Å². The molecule has 0 bridgehead atoms. The van der Waals surface area contributed by atoms with Gasteiger partial charge in [0.2, 0.25) is 11.5 Å². The normalized spacial score (nSPS) is 11.1. The van der Waals surface area contributed by atoms with E-state index in [2.05, 4.69) is 55.4 Å². The number of oxazole rings is 2. The van der Waals surface area contributed by atoms with Gasteiger partial charge in [-0.05, 0) is 74.5 Å². The van der Waals surface area contributed by atoms with E-state index in [0.29, 0.717) is 46.1 Å². The summed E-state index contributed by atoms with van der Waals surface area (Å²) in [5.41, 5.74) is 4.99. The lowest BCUT2D eigenvalue weighted by Gasteiger charge is -2.17. The molecule has 0 unspecified atom stereocenters. The third-order valence-corrected chi connectivity index (χ3v) is 9.86. The van der Waals surface area contributed by atoms with Crippen LogP contribution in [0.4, 0.5) is 24.5 Å². The SMILES string of the molecule is Cc1nc(C)c(C(=O)N(C)c2ccc(F)c(-c3nc4ncc(-c5ccccn5)cn4n3)c2)o1.Cc1nc(C)c(C(=O)Nc2ccc(F)c(-c3nc4ncc(-c5ccccn5)cn4n3)c2)o1.[2H]CF. The molecule has 18 nitrogen and oxygen atoms in total. The number of hydrogen-bond acceptors (Lipinski definition) is 14. The van der Waals surface area contributed by atoms with Crippen molar-refractivity contribution in [3.8, 4) is 45.3 Å². The molecule has 0 aliphatic heterocycles. The summed E-state index contributed by atoms with van der Waals surface area (Å²) in [7, 11) is 0.578. The van der Waals surface area contributed by atoms with E-state index in [9.17, 15) is 22.8 Å². The number of nitrogens with zero attached hydrogens (tertiary/aromatic N) is 13. The first-order valence-corrected chi connectivity index (χ1v) is 20.0. The molecule has 1 N–H and O–H groups in total. The number of pyridine rings is 2. The number of rotatable bonds is 8. The Morgan fingerprint density at radius 2 is 1.18 bits per heavy atom. The van der Waals surface area contributed by atoms with E-state index in [0.717, 1.165) is 22.5 Å². The summed E-state index contributed by atoms with van der Waals surface area (Å²) < 4.78 is 58.5. The van der Waals surface area contributed by atoms with Crippen molar-refractivity contribution < 1.29 is 33.0 Å². The van der Waals surface area contributed by atoms with Gasteiger partial charge < -0.3 is 19.1 Å². The smallest absolute Gasteiger partial charge is 0.295 e. The number of nitrogens with one attached hydrogen (secondary N) is 1.